The first kappa shape index (κ1) is 16.8. The number of aromatic amines is 1. The van der Waals surface area contributed by atoms with Crippen LogP contribution in [0.1, 0.15) is 22.4 Å². The van der Waals surface area contributed by atoms with Crippen LogP contribution in [0.3, 0.4) is 0 Å². The number of hydrogen-bond donors (Lipinski definition) is 1. The summed E-state index contributed by atoms with van der Waals surface area (Å²) in [7, 11) is 1.62. The number of nitrogens with zero attached hydrogens (tertiary/aromatic N) is 2. The molecule has 0 aliphatic carbocycles. The van der Waals surface area contributed by atoms with Crippen LogP contribution in [0.5, 0.6) is 5.75 Å². The van der Waals surface area contributed by atoms with Gasteiger partial charge in [-0.3, -0.25) is 14.9 Å². The van der Waals surface area contributed by atoms with Gasteiger partial charge in [0.1, 0.15) is 5.75 Å². The first-order valence-corrected chi connectivity index (χ1v) is 8.07. The zero-order valence-corrected chi connectivity index (χ0v) is 14.8. The Hall–Kier alpha value is -3.08. The fraction of sp³-hybridized carbons (Fsp3) is 0.200. The molecule has 1 heterocycles. The summed E-state index contributed by atoms with van der Waals surface area (Å²) >= 11 is 0. The maximum absolute atomic E-state index is 12.8. The second-order valence-electron chi connectivity index (χ2n) is 6.04. The SMILES string of the molecule is COc1ccc(N=Cc2c(C)[nH]n(-c3ccc(C)cc3C)c2=O)cc1. The number of ether oxygens (including phenoxy) is 1. The van der Waals surface area contributed by atoms with E-state index in [-0.39, 0.29) is 5.56 Å². The van der Waals surface area contributed by atoms with Gasteiger partial charge in [0.05, 0.1) is 24.0 Å². The average Bonchev–Trinajstić information content (AvgIpc) is 2.88. The molecule has 0 fully saturated rings. The Labute approximate surface area is 146 Å². The summed E-state index contributed by atoms with van der Waals surface area (Å²) in [5.74, 6) is 0.772. The molecule has 1 N–H and O–H groups in total. The molecule has 0 saturated carbocycles. The average molecular weight is 335 g/mol. The molecule has 0 aliphatic rings. The molecule has 0 spiro atoms. The second-order valence-corrected chi connectivity index (χ2v) is 6.04. The molecule has 3 aromatic rings. The molecule has 0 unspecified atom stereocenters. The van der Waals surface area contributed by atoms with Gasteiger partial charge in [-0.25, -0.2) is 4.68 Å². The molecule has 0 atom stereocenters. The highest BCUT2D eigenvalue weighted by molar-refractivity contribution is 5.83. The standard InChI is InChI=1S/C20H21N3O2/c1-13-5-10-19(14(2)11-13)23-20(24)18(15(3)22-23)12-21-16-6-8-17(25-4)9-7-16/h5-12,22H,1-4H3. The van der Waals surface area contributed by atoms with Crippen molar-refractivity contribution in [3.05, 3.63) is 75.2 Å². The van der Waals surface area contributed by atoms with E-state index in [4.69, 9.17) is 4.74 Å². The number of hydrogen-bond acceptors (Lipinski definition) is 3. The van der Waals surface area contributed by atoms with E-state index in [0.717, 1.165) is 28.4 Å². The monoisotopic (exact) mass is 335 g/mol. The highest BCUT2D eigenvalue weighted by Gasteiger charge is 2.12. The lowest BCUT2D eigenvalue weighted by Crippen LogP contribution is -2.18. The Bertz CT molecular complexity index is 979. The summed E-state index contributed by atoms with van der Waals surface area (Å²) < 4.78 is 6.70. The number of H-pyrrole nitrogens is 1. The summed E-state index contributed by atoms with van der Waals surface area (Å²) in [6.07, 6.45) is 1.61. The molecule has 0 amide bonds. The lowest BCUT2D eigenvalue weighted by Gasteiger charge is -2.06. The second kappa shape index (κ2) is 6.81. The van der Waals surface area contributed by atoms with E-state index >= 15 is 0 Å². The van der Waals surface area contributed by atoms with Gasteiger partial charge in [-0.15, -0.1) is 0 Å². The van der Waals surface area contributed by atoms with Gasteiger partial charge in [0, 0.05) is 11.9 Å². The Morgan fingerprint density at radius 2 is 1.80 bits per heavy atom. The Morgan fingerprint density at radius 1 is 1.08 bits per heavy atom. The zero-order chi connectivity index (χ0) is 18.0. The number of methoxy groups -OCH3 is 1. The van der Waals surface area contributed by atoms with Crippen LogP contribution in [-0.4, -0.2) is 23.1 Å². The summed E-state index contributed by atoms with van der Waals surface area (Å²) in [5, 5.41) is 3.14. The van der Waals surface area contributed by atoms with Crippen molar-refractivity contribution >= 4 is 11.9 Å². The predicted molar refractivity (Wildman–Crippen MR) is 101 cm³/mol. The van der Waals surface area contributed by atoms with Gasteiger partial charge < -0.3 is 4.74 Å². The fourth-order valence-electron chi connectivity index (χ4n) is 2.74. The molecule has 3 rings (SSSR count). The van der Waals surface area contributed by atoms with E-state index < -0.39 is 0 Å². The lowest BCUT2D eigenvalue weighted by molar-refractivity contribution is 0.415. The van der Waals surface area contributed by atoms with E-state index in [1.807, 2.05) is 57.2 Å². The first-order valence-electron chi connectivity index (χ1n) is 8.07. The topological polar surface area (TPSA) is 59.4 Å². The van der Waals surface area contributed by atoms with Gasteiger partial charge in [-0.05, 0) is 56.7 Å². The normalized spacial score (nSPS) is 11.2. The number of benzene rings is 2. The van der Waals surface area contributed by atoms with Crippen molar-refractivity contribution in [3.8, 4) is 11.4 Å². The third-order valence-electron chi connectivity index (χ3n) is 4.13. The number of nitrogens with one attached hydrogen (secondary N) is 1. The molecule has 2 aromatic carbocycles. The largest absolute Gasteiger partial charge is 0.497 e. The summed E-state index contributed by atoms with van der Waals surface area (Å²) in [6.45, 7) is 5.90. The molecule has 1 aromatic heterocycles. The Balaban J connectivity index is 1.96. The van der Waals surface area contributed by atoms with Crippen molar-refractivity contribution in [2.24, 2.45) is 4.99 Å². The first-order chi connectivity index (χ1) is 12.0. The van der Waals surface area contributed by atoms with Crippen LogP contribution in [0.25, 0.3) is 5.69 Å². The van der Waals surface area contributed by atoms with Crippen molar-refractivity contribution in [2.45, 2.75) is 20.8 Å². The maximum atomic E-state index is 12.8. The van der Waals surface area contributed by atoms with Crippen LogP contribution in [0.4, 0.5) is 5.69 Å². The van der Waals surface area contributed by atoms with Crippen LogP contribution >= 0.6 is 0 Å². The molecule has 25 heavy (non-hydrogen) atoms. The minimum absolute atomic E-state index is 0.110. The van der Waals surface area contributed by atoms with Gasteiger partial charge in [0.15, 0.2) is 0 Å². The summed E-state index contributed by atoms with van der Waals surface area (Å²) in [4.78, 5) is 17.2. The van der Waals surface area contributed by atoms with E-state index in [0.29, 0.717) is 5.56 Å². The quantitative estimate of drug-likeness (QED) is 0.736. The highest BCUT2D eigenvalue weighted by atomic mass is 16.5. The molecule has 0 radical (unpaired) electrons. The van der Waals surface area contributed by atoms with E-state index in [1.165, 1.54) is 5.56 Å². The molecule has 0 aliphatic heterocycles. The summed E-state index contributed by atoms with van der Waals surface area (Å²) in [6, 6.07) is 13.4. The van der Waals surface area contributed by atoms with Gasteiger partial charge in [0.25, 0.3) is 5.56 Å². The van der Waals surface area contributed by atoms with Crippen molar-refractivity contribution in [1.29, 1.82) is 0 Å². The van der Waals surface area contributed by atoms with Crippen molar-refractivity contribution in [2.75, 3.05) is 7.11 Å². The van der Waals surface area contributed by atoms with Gasteiger partial charge in [-0.2, -0.15) is 0 Å². The minimum atomic E-state index is -0.110. The van der Waals surface area contributed by atoms with E-state index in [2.05, 4.69) is 16.2 Å². The smallest absolute Gasteiger partial charge is 0.280 e. The van der Waals surface area contributed by atoms with Gasteiger partial charge in [-0.1, -0.05) is 17.7 Å². The van der Waals surface area contributed by atoms with Crippen LogP contribution in [-0.2, 0) is 0 Å². The van der Waals surface area contributed by atoms with Crippen LogP contribution < -0.4 is 10.3 Å². The molecule has 5 heteroatoms. The van der Waals surface area contributed by atoms with Gasteiger partial charge in [0.2, 0.25) is 0 Å². The van der Waals surface area contributed by atoms with Crippen molar-refractivity contribution < 1.29 is 4.74 Å². The molecule has 0 bridgehead atoms. The van der Waals surface area contributed by atoms with Crippen LogP contribution in [0.15, 0.2) is 52.3 Å². The molecule has 128 valence electrons. The number of aryl methyl sites for hydroxylation is 3. The Morgan fingerprint density at radius 3 is 2.44 bits per heavy atom. The third-order valence-corrected chi connectivity index (χ3v) is 4.13. The molecular weight excluding hydrogens is 314 g/mol. The van der Waals surface area contributed by atoms with Gasteiger partial charge >= 0.3 is 0 Å². The van der Waals surface area contributed by atoms with Crippen LogP contribution in [0, 0.1) is 20.8 Å². The zero-order valence-electron chi connectivity index (χ0n) is 14.8. The van der Waals surface area contributed by atoms with Crippen LogP contribution in [0.2, 0.25) is 0 Å². The maximum Gasteiger partial charge on any atom is 0.280 e. The fourth-order valence-corrected chi connectivity index (χ4v) is 2.74. The van der Waals surface area contributed by atoms with Crippen molar-refractivity contribution in [3.63, 3.8) is 0 Å². The van der Waals surface area contributed by atoms with Crippen molar-refractivity contribution in [1.82, 2.24) is 9.78 Å². The third kappa shape index (κ3) is 3.40. The number of aromatic nitrogens is 2. The lowest BCUT2D eigenvalue weighted by atomic mass is 10.1. The Kier molecular flexibility index (Phi) is 4.57. The predicted octanol–water partition coefficient (Wildman–Crippen LogP) is 3.85. The van der Waals surface area contributed by atoms with E-state index in [9.17, 15) is 4.79 Å². The number of rotatable bonds is 4. The molecular formula is C20H21N3O2. The number of aliphatic imine (C=N–C) groups is 1. The molecule has 5 nitrogen and oxygen atoms in total. The minimum Gasteiger partial charge on any atom is -0.497 e. The molecule has 0 saturated heterocycles. The summed E-state index contributed by atoms with van der Waals surface area (Å²) in [5.41, 5.74) is 5.04. The van der Waals surface area contributed by atoms with E-state index in [1.54, 1.807) is 18.0 Å². The highest BCUT2D eigenvalue weighted by Crippen LogP contribution is 2.18.